The van der Waals surface area contributed by atoms with Gasteiger partial charge < -0.3 is 0 Å². The molecule has 0 aliphatic carbocycles. The van der Waals surface area contributed by atoms with Crippen LogP contribution in [0.3, 0.4) is 0 Å². The summed E-state index contributed by atoms with van der Waals surface area (Å²) in [6, 6.07) is 0. The minimum atomic E-state index is 0.975. The standard InChI is InChI=1S/C11H18/c1-6-9(3)8-11(5)10(4)7-2/h6H,1,3,7-8H2,2,4-5H3. The Morgan fingerprint density at radius 2 is 1.82 bits per heavy atom. The Hall–Kier alpha value is -0.780. The van der Waals surface area contributed by atoms with Crippen molar-refractivity contribution in [2.24, 2.45) is 0 Å². The molecule has 0 rings (SSSR count). The molecule has 0 amide bonds. The summed E-state index contributed by atoms with van der Waals surface area (Å²) in [5, 5.41) is 0. The van der Waals surface area contributed by atoms with E-state index >= 15 is 0 Å². The van der Waals surface area contributed by atoms with Crippen molar-refractivity contribution < 1.29 is 0 Å². The van der Waals surface area contributed by atoms with Crippen LogP contribution >= 0.6 is 0 Å². The summed E-state index contributed by atoms with van der Waals surface area (Å²) in [4.78, 5) is 0. The fourth-order valence-electron chi connectivity index (χ4n) is 0.865. The molecule has 0 aromatic heterocycles. The molecule has 0 aromatic carbocycles. The van der Waals surface area contributed by atoms with E-state index in [2.05, 4.69) is 33.9 Å². The second-order valence-corrected chi connectivity index (χ2v) is 2.95. The van der Waals surface area contributed by atoms with Crippen molar-refractivity contribution >= 4 is 0 Å². The van der Waals surface area contributed by atoms with Crippen LogP contribution in [-0.4, -0.2) is 0 Å². The summed E-state index contributed by atoms with van der Waals surface area (Å²) in [6.07, 6.45) is 3.94. The van der Waals surface area contributed by atoms with E-state index < -0.39 is 0 Å². The fourth-order valence-corrected chi connectivity index (χ4v) is 0.865. The quantitative estimate of drug-likeness (QED) is 0.421. The molecule has 0 aliphatic rings. The first kappa shape index (κ1) is 10.2. The summed E-state index contributed by atoms with van der Waals surface area (Å²) < 4.78 is 0. The van der Waals surface area contributed by atoms with Crippen molar-refractivity contribution in [1.82, 2.24) is 0 Å². The van der Waals surface area contributed by atoms with E-state index in [1.165, 1.54) is 11.1 Å². The minimum absolute atomic E-state index is 0.975. The van der Waals surface area contributed by atoms with E-state index in [0.717, 1.165) is 18.4 Å². The SMILES string of the molecule is C=CC(=C)CC(C)=C(C)CC. The molecule has 0 heterocycles. The third-order valence-corrected chi connectivity index (χ3v) is 2.04. The van der Waals surface area contributed by atoms with E-state index in [4.69, 9.17) is 0 Å². The molecule has 0 nitrogen and oxygen atoms in total. The topological polar surface area (TPSA) is 0 Å². The molecule has 11 heavy (non-hydrogen) atoms. The highest BCUT2D eigenvalue weighted by molar-refractivity contribution is 5.22. The lowest BCUT2D eigenvalue weighted by Gasteiger charge is -2.04. The lowest BCUT2D eigenvalue weighted by molar-refractivity contribution is 1.01. The summed E-state index contributed by atoms with van der Waals surface area (Å²) in [5.74, 6) is 0. The molecule has 0 fully saturated rings. The molecule has 0 saturated carbocycles. The van der Waals surface area contributed by atoms with E-state index in [1.54, 1.807) is 0 Å². The lowest BCUT2D eigenvalue weighted by atomic mass is 10.0. The molecular formula is C11H18. The average Bonchev–Trinajstić information content (AvgIpc) is 2.02. The Morgan fingerprint density at radius 3 is 2.18 bits per heavy atom. The molecule has 0 bridgehead atoms. The van der Waals surface area contributed by atoms with Crippen molar-refractivity contribution in [3.8, 4) is 0 Å². The van der Waals surface area contributed by atoms with Gasteiger partial charge in [-0.15, -0.1) is 0 Å². The number of allylic oxidation sites excluding steroid dienone is 4. The van der Waals surface area contributed by atoms with E-state index in [1.807, 2.05) is 6.08 Å². The molecule has 0 saturated heterocycles. The van der Waals surface area contributed by atoms with Crippen molar-refractivity contribution in [3.63, 3.8) is 0 Å². The van der Waals surface area contributed by atoms with Gasteiger partial charge in [-0.1, -0.05) is 42.9 Å². The molecule has 0 radical (unpaired) electrons. The van der Waals surface area contributed by atoms with Gasteiger partial charge in [0, 0.05) is 0 Å². The Bertz CT molecular complexity index is 182. The highest BCUT2D eigenvalue weighted by Gasteiger charge is 1.95. The van der Waals surface area contributed by atoms with Gasteiger partial charge in [-0.2, -0.15) is 0 Å². The molecule has 0 aromatic rings. The van der Waals surface area contributed by atoms with Crippen molar-refractivity contribution in [1.29, 1.82) is 0 Å². The van der Waals surface area contributed by atoms with Gasteiger partial charge >= 0.3 is 0 Å². The van der Waals surface area contributed by atoms with Crippen molar-refractivity contribution in [3.05, 3.63) is 36.0 Å². The maximum absolute atomic E-state index is 3.88. The van der Waals surface area contributed by atoms with Gasteiger partial charge in [0.15, 0.2) is 0 Å². The largest absolute Gasteiger partial charge is 0.0988 e. The highest BCUT2D eigenvalue weighted by Crippen LogP contribution is 2.15. The van der Waals surface area contributed by atoms with Crippen LogP contribution in [0.4, 0.5) is 0 Å². The lowest BCUT2D eigenvalue weighted by Crippen LogP contribution is -1.84. The number of rotatable bonds is 4. The zero-order chi connectivity index (χ0) is 8.85. The van der Waals surface area contributed by atoms with Crippen LogP contribution in [0, 0.1) is 0 Å². The number of hydrogen-bond donors (Lipinski definition) is 0. The molecule has 0 heteroatoms. The first-order valence-corrected chi connectivity index (χ1v) is 4.07. The monoisotopic (exact) mass is 150 g/mol. The van der Waals surface area contributed by atoms with Gasteiger partial charge in [-0.25, -0.2) is 0 Å². The third-order valence-electron chi connectivity index (χ3n) is 2.04. The van der Waals surface area contributed by atoms with Gasteiger partial charge in [-0.3, -0.25) is 0 Å². The Balaban J connectivity index is 4.15. The van der Waals surface area contributed by atoms with E-state index in [0.29, 0.717) is 0 Å². The second kappa shape index (κ2) is 4.95. The molecule has 62 valence electrons. The predicted octanol–water partition coefficient (Wildman–Crippen LogP) is 3.87. The van der Waals surface area contributed by atoms with Crippen LogP contribution in [-0.2, 0) is 0 Å². The highest BCUT2D eigenvalue weighted by atomic mass is 14.0. The summed E-state index contributed by atoms with van der Waals surface area (Å²) in [5.41, 5.74) is 4.00. The van der Waals surface area contributed by atoms with Gasteiger partial charge in [0.1, 0.15) is 0 Å². The maximum Gasteiger partial charge on any atom is -0.00734 e. The first-order chi connectivity index (χ1) is 5.11. The summed E-state index contributed by atoms with van der Waals surface area (Å²) >= 11 is 0. The molecule has 0 unspecified atom stereocenters. The second-order valence-electron chi connectivity index (χ2n) is 2.95. The van der Waals surface area contributed by atoms with Crippen LogP contribution in [0.15, 0.2) is 36.0 Å². The molecule has 0 N–H and O–H groups in total. The fraction of sp³-hybridized carbons (Fsp3) is 0.455. The predicted molar refractivity (Wildman–Crippen MR) is 52.6 cm³/mol. The smallest absolute Gasteiger partial charge is 0.00734 e. The zero-order valence-electron chi connectivity index (χ0n) is 7.91. The molecule has 0 aliphatic heterocycles. The summed E-state index contributed by atoms with van der Waals surface area (Å²) in [6.45, 7) is 14.1. The third kappa shape index (κ3) is 3.82. The zero-order valence-corrected chi connectivity index (χ0v) is 7.91. The minimum Gasteiger partial charge on any atom is -0.0988 e. The summed E-state index contributed by atoms with van der Waals surface area (Å²) in [7, 11) is 0. The van der Waals surface area contributed by atoms with Gasteiger partial charge in [0.2, 0.25) is 0 Å². The van der Waals surface area contributed by atoms with Gasteiger partial charge in [0.25, 0.3) is 0 Å². The normalized spacial score (nSPS) is 12.3. The molecule has 0 atom stereocenters. The number of hydrogen-bond acceptors (Lipinski definition) is 0. The molecule has 0 spiro atoms. The maximum atomic E-state index is 3.88. The van der Waals surface area contributed by atoms with Crippen LogP contribution < -0.4 is 0 Å². The molecular weight excluding hydrogens is 132 g/mol. The Labute approximate surface area is 70.3 Å². The van der Waals surface area contributed by atoms with Crippen LogP contribution in [0.1, 0.15) is 33.6 Å². The van der Waals surface area contributed by atoms with Gasteiger partial charge in [0.05, 0.1) is 0 Å². The van der Waals surface area contributed by atoms with E-state index in [9.17, 15) is 0 Å². The van der Waals surface area contributed by atoms with Crippen LogP contribution in [0.25, 0.3) is 0 Å². The first-order valence-electron chi connectivity index (χ1n) is 4.07. The van der Waals surface area contributed by atoms with Crippen LogP contribution in [0.5, 0.6) is 0 Å². The van der Waals surface area contributed by atoms with Crippen LogP contribution in [0.2, 0.25) is 0 Å². The Kier molecular flexibility index (Phi) is 4.60. The Morgan fingerprint density at radius 1 is 1.27 bits per heavy atom. The van der Waals surface area contributed by atoms with Gasteiger partial charge in [-0.05, 0) is 26.7 Å². The average molecular weight is 150 g/mol. The van der Waals surface area contributed by atoms with E-state index in [-0.39, 0.29) is 0 Å². The van der Waals surface area contributed by atoms with Crippen molar-refractivity contribution in [2.75, 3.05) is 0 Å². The van der Waals surface area contributed by atoms with Crippen molar-refractivity contribution in [2.45, 2.75) is 33.6 Å².